The maximum Gasteiger partial charge on any atom is 0.240 e. The molecule has 1 aromatic carbocycles. The smallest absolute Gasteiger partial charge is 0.240 e. The molecule has 24 heavy (non-hydrogen) atoms. The van der Waals surface area contributed by atoms with Gasteiger partial charge in [0.25, 0.3) is 0 Å². The number of aryl methyl sites for hydroxylation is 1. The van der Waals surface area contributed by atoms with Crippen LogP contribution in [0.4, 0.5) is 5.69 Å². The number of nitrogens with zero attached hydrogens (tertiary/aromatic N) is 2. The molecule has 0 amide bonds. The topological polar surface area (TPSA) is 64.7 Å². The van der Waals surface area contributed by atoms with Gasteiger partial charge in [0.1, 0.15) is 0 Å². The molecule has 0 atom stereocenters. The fourth-order valence-electron chi connectivity index (χ4n) is 2.59. The number of hydrogen-bond donors (Lipinski definition) is 2. The number of sulfonamides is 1. The van der Waals surface area contributed by atoms with Crippen LogP contribution >= 0.6 is 24.8 Å². The lowest BCUT2D eigenvalue weighted by Gasteiger charge is -2.27. The number of hydrogen-bond acceptors (Lipinski definition) is 5. The summed E-state index contributed by atoms with van der Waals surface area (Å²) in [6.07, 6.45) is 0. The first-order chi connectivity index (χ1) is 10.4. The lowest BCUT2D eigenvalue weighted by Crippen LogP contribution is -2.46. The van der Waals surface area contributed by atoms with E-state index in [1.807, 2.05) is 32.0 Å². The molecular formula is C15H28Cl2N4O2S. The Morgan fingerprint density at radius 3 is 2.42 bits per heavy atom. The Kier molecular flexibility index (Phi) is 10.2. The van der Waals surface area contributed by atoms with Crippen molar-refractivity contribution in [3.05, 3.63) is 23.8 Å². The normalized spacial score (nSPS) is 15.3. The third-order valence-corrected chi connectivity index (χ3v) is 5.36. The minimum atomic E-state index is -3.45. The average Bonchev–Trinajstić information content (AvgIpc) is 2.48. The standard InChI is InChI=1S/C15H26N4O2S.2ClH/c1-13-4-5-14(12-15(13)18(2)3)22(20,21)17-8-11-19-9-6-16-7-10-19;;/h4-5,12,16-17H,6-11H2,1-3H3;2*1H. The van der Waals surface area contributed by atoms with Crippen LogP contribution in [0.5, 0.6) is 0 Å². The van der Waals surface area contributed by atoms with Gasteiger partial charge in [-0.3, -0.25) is 4.90 Å². The zero-order valence-corrected chi connectivity index (χ0v) is 16.9. The minimum absolute atomic E-state index is 0. The summed E-state index contributed by atoms with van der Waals surface area (Å²) in [4.78, 5) is 4.51. The largest absolute Gasteiger partial charge is 0.377 e. The van der Waals surface area contributed by atoms with Crippen molar-refractivity contribution in [2.45, 2.75) is 11.8 Å². The van der Waals surface area contributed by atoms with Crippen molar-refractivity contribution in [2.24, 2.45) is 0 Å². The first-order valence-corrected chi connectivity index (χ1v) is 9.09. The van der Waals surface area contributed by atoms with E-state index in [0.29, 0.717) is 11.4 Å². The van der Waals surface area contributed by atoms with E-state index in [1.165, 1.54) is 0 Å². The summed E-state index contributed by atoms with van der Waals surface area (Å²) in [7, 11) is 0.374. The Bertz CT molecular complexity index is 605. The monoisotopic (exact) mass is 398 g/mol. The van der Waals surface area contributed by atoms with Crippen LogP contribution in [0.3, 0.4) is 0 Å². The highest BCUT2D eigenvalue weighted by Crippen LogP contribution is 2.22. The Morgan fingerprint density at radius 2 is 1.83 bits per heavy atom. The molecule has 9 heteroatoms. The molecule has 1 aromatic rings. The third-order valence-electron chi connectivity index (χ3n) is 3.90. The summed E-state index contributed by atoms with van der Waals surface area (Å²) in [5.41, 5.74) is 1.98. The van der Waals surface area contributed by atoms with Gasteiger partial charge in [0.2, 0.25) is 10.0 Å². The van der Waals surface area contributed by atoms with Crippen LogP contribution in [0.25, 0.3) is 0 Å². The quantitative estimate of drug-likeness (QED) is 0.750. The van der Waals surface area contributed by atoms with E-state index in [2.05, 4.69) is 14.9 Å². The average molecular weight is 399 g/mol. The maximum atomic E-state index is 12.4. The molecule has 0 unspecified atom stereocenters. The molecule has 0 bridgehead atoms. The van der Waals surface area contributed by atoms with Gasteiger partial charge in [0.05, 0.1) is 4.90 Å². The zero-order chi connectivity index (χ0) is 16.2. The Morgan fingerprint density at radius 1 is 1.21 bits per heavy atom. The van der Waals surface area contributed by atoms with Gasteiger partial charge in [-0.25, -0.2) is 13.1 Å². The predicted molar refractivity (Wildman–Crippen MR) is 105 cm³/mol. The lowest BCUT2D eigenvalue weighted by atomic mass is 10.2. The summed E-state index contributed by atoms with van der Waals surface area (Å²) >= 11 is 0. The third kappa shape index (κ3) is 6.38. The molecule has 1 aliphatic rings. The molecule has 2 N–H and O–H groups in total. The number of anilines is 1. The molecule has 0 aromatic heterocycles. The first-order valence-electron chi connectivity index (χ1n) is 7.61. The van der Waals surface area contributed by atoms with E-state index in [9.17, 15) is 8.42 Å². The van der Waals surface area contributed by atoms with E-state index in [4.69, 9.17) is 0 Å². The van der Waals surface area contributed by atoms with Crippen LogP contribution in [-0.2, 0) is 10.0 Å². The van der Waals surface area contributed by atoms with Gasteiger partial charge in [-0.2, -0.15) is 0 Å². The minimum Gasteiger partial charge on any atom is -0.377 e. The van der Waals surface area contributed by atoms with Crippen molar-refractivity contribution < 1.29 is 8.42 Å². The lowest BCUT2D eigenvalue weighted by molar-refractivity contribution is 0.245. The molecule has 0 aliphatic carbocycles. The van der Waals surface area contributed by atoms with Crippen LogP contribution in [0.15, 0.2) is 23.1 Å². The summed E-state index contributed by atoms with van der Waals surface area (Å²) < 4.78 is 27.5. The summed E-state index contributed by atoms with van der Waals surface area (Å²) in [6, 6.07) is 5.23. The van der Waals surface area contributed by atoms with Crippen molar-refractivity contribution in [2.75, 3.05) is 58.3 Å². The van der Waals surface area contributed by atoms with Crippen LogP contribution in [-0.4, -0.2) is 66.7 Å². The van der Waals surface area contributed by atoms with E-state index in [0.717, 1.165) is 44.0 Å². The van der Waals surface area contributed by atoms with Gasteiger partial charge in [0, 0.05) is 59.1 Å². The second kappa shape index (κ2) is 10.4. The van der Waals surface area contributed by atoms with Gasteiger partial charge in [-0.05, 0) is 24.6 Å². The van der Waals surface area contributed by atoms with Crippen LogP contribution in [0, 0.1) is 6.92 Å². The molecule has 0 saturated carbocycles. The molecule has 1 heterocycles. The molecule has 0 radical (unpaired) electrons. The summed E-state index contributed by atoms with van der Waals surface area (Å²) in [5.74, 6) is 0. The van der Waals surface area contributed by atoms with E-state index >= 15 is 0 Å². The number of nitrogens with one attached hydrogen (secondary N) is 2. The summed E-state index contributed by atoms with van der Waals surface area (Å²) in [5, 5.41) is 3.28. The number of rotatable bonds is 6. The number of piperazine rings is 1. The molecule has 2 rings (SSSR count). The van der Waals surface area contributed by atoms with Gasteiger partial charge >= 0.3 is 0 Å². The molecule has 140 valence electrons. The second-order valence-electron chi connectivity index (χ2n) is 5.83. The molecule has 0 spiro atoms. The first kappa shape index (κ1) is 23.4. The Hall–Kier alpha value is -0.570. The second-order valence-corrected chi connectivity index (χ2v) is 7.60. The van der Waals surface area contributed by atoms with E-state index < -0.39 is 10.0 Å². The highest BCUT2D eigenvalue weighted by Gasteiger charge is 2.16. The van der Waals surface area contributed by atoms with Crippen LogP contribution in [0.2, 0.25) is 0 Å². The fraction of sp³-hybridized carbons (Fsp3) is 0.600. The van der Waals surface area contributed by atoms with Crippen molar-refractivity contribution in [3.8, 4) is 0 Å². The maximum absolute atomic E-state index is 12.4. The predicted octanol–water partition coefficient (Wildman–Crippen LogP) is 1.09. The van der Waals surface area contributed by atoms with Crippen LogP contribution in [0.1, 0.15) is 5.56 Å². The van der Waals surface area contributed by atoms with Gasteiger partial charge in [0.15, 0.2) is 0 Å². The fourth-order valence-corrected chi connectivity index (χ4v) is 3.64. The highest BCUT2D eigenvalue weighted by atomic mass is 35.5. The number of halogens is 2. The Balaban J connectivity index is 0.00000264. The van der Waals surface area contributed by atoms with Crippen molar-refractivity contribution in [1.82, 2.24) is 14.9 Å². The Labute approximate surface area is 157 Å². The molecule has 1 saturated heterocycles. The van der Waals surface area contributed by atoms with Crippen molar-refractivity contribution >= 4 is 40.5 Å². The van der Waals surface area contributed by atoms with Gasteiger partial charge in [-0.1, -0.05) is 6.07 Å². The van der Waals surface area contributed by atoms with Crippen LogP contribution < -0.4 is 14.9 Å². The number of benzene rings is 1. The van der Waals surface area contributed by atoms with Gasteiger partial charge < -0.3 is 10.2 Å². The van der Waals surface area contributed by atoms with Gasteiger partial charge in [-0.15, -0.1) is 24.8 Å². The highest BCUT2D eigenvalue weighted by molar-refractivity contribution is 7.89. The zero-order valence-electron chi connectivity index (χ0n) is 14.4. The SMILES string of the molecule is Cc1ccc(S(=O)(=O)NCCN2CCNCC2)cc1N(C)C.Cl.Cl. The van der Waals surface area contributed by atoms with Crippen molar-refractivity contribution in [3.63, 3.8) is 0 Å². The molecule has 6 nitrogen and oxygen atoms in total. The summed E-state index contributed by atoms with van der Waals surface area (Å²) in [6.45, 7) is 7.03. The molecule has 1 fully saturated rings. The molecular weight excluding hydrogens is 371 g/mol. The van der Waals surface area contributed by atoms with E-state index in [1.54, 1.807) is 12.1 Å². The van der Waals surface area contributed by atoms with Crippen molar-refractivity contribution in [1.29, 1.82) is 0 Å². The van der Waals surface area contributed by atoms with E-state index in [-0.39, 0.29) is 24.8 Å². The molecule has 1 aliphatic heterocycles.